The van der Waals surface area contributed by atoms with Crippen LogP contribution in [0.1, 0.15) is 49.1 Å². The van der Waals surface area contributed by atoms with Crippen molar-refractivity contribution in [3.63, 3.8) is 0 Å². The van der Waals surface area contributed by atoms with Gasteiger partial charge in [-0.3, -0.25) is 9.78 Å². The molecule has 0 saturated carbocycles. The molecule has 170 valence electrons. The first-order valence-corrected chi connectivity index (χ1v) is 11.6. The zero-order valence-electron chi connectivity index (χ0n) is 19.9. The molecule has 5 nitrogen and oxygen atoms in total. The smallest absolute Gasteiger partial charge is 0.796 e. The zero-order chi connectivity index (χ0) is 23.9. The molecule has 2 aromatic rings. The average Bonchev–Trinajstić information content (AvgIpc) is 2.80. The molecule has 33 heavy (non-hydrogen) atoms. The molecule has 1 aliphatic heterocycles. The Morgan fingerprint density at radius 3 is 2.82 bits per heavy atom. The Hall–Kier alpha value is -0.729. The van der Waals surface area contributed by atoms with Crippen molar-refractivity contribution in [1.82, 2.24) is 10.3 Å². The number of aliphatic hydroxyl groups is 1. The molecule has 0 aliphatic carbocycles. The van der Waals surface area contributed by atoms with E-state index in [-0.39, 0.29) is 64.0 Å². The van der Waals surface area contributed by atoms with Crippen LogP contribution in [0.25, 0.3) is 10.9 Å². The summed E-state index contributed by atoms with van der Waals surface area (Å²) in [7, 11) is 1.58. The zero-order valence-corrected chi connectivity index (χ0v) is 23.8. The molecule has 3 atom stereocenters. The Kier molecular flexibility index (Phi) is 12.8. The summed E-state index contributed by atoms with van der Waals surface area (Å²) in [6.45, 7) is 5.17. The number of amides is 1. The Bertz CT molecular complexity index is 1020. The van der Waals surface area contributed by atoms with Crippen molar-refractivity contribution in [1.29, 1.82) is 5.26 Å². The molecular formula is C24H30BFKN3O2S. The summed E-state index contributed by atoms with van der Waals surface area (Å²) >= 11 is 4.08. The molecular weight excluding hydrogens is 463 g/mol. The first-order chi connectivity index (χ1) is 15.3. The molecule has 1 amide bonds. The molecule has 3 rings (SSSR count). The van der Waals surface area contributed by atoms with Gasteiger partial charge in [0.2, 0.25) is 5.91 Å². The van der Waals surface area contributed by atoms with Gasteiger partial charge in [-0.15, -0.1) is 6.58 Å². The van der Waals surface area contributed by atoms with Gasteiger partial charge in [0, 0.05) is 30.5 Å². The van der Waals surface area contributed by atoms with Gasteiger partial charge in [-0.25, -0.2) is 9.65 Å². The third kappa shape index (κ3) is 7.14. The number of hydrogen-bond donors (Lipinski definition) is 2. The van der Waals surface area contributed by atoms with Crippen LogP contribution in [-0.4, -0.2) is 41.6 Å². The molecule has 2 N–H and O–H groups in total. The van der Waals surface area contributed by atoms with Gasteiger partial charge in [-0.2, -0.15) is 6.26 Å². The minimum Gasteiger partial charge on any atom is -0.796 e. The summed E-state index contributed by atoms with van der Waals surface area (Å²) in [6, 6.07) is 5.13. The van der Waals surface area contributed by atoms with Crippen LogP contribution >= 0.6 is 0 Å². The third-order valence-electron chi connectivity index (χ3n) is 6.25. The molecule has 3 unspecified atom stereocenters. The third-order valence-corrected chi connectivity index (χ3v) is 6.25. The van der Waals surface area contributed by atoms with Crippen molar-refractivity contribution in [2.45, 2.75) is 56.3 Å². The summed E-state index contributed by atoms with van der Waals surface area (Å²) in [6.07, 6.45) is 7.67. The molecule has 1 fully saturated rings. The van der Waals surface area contributed by atoms with Gasteiger partial charge in [-0.1, -0.05) is 18.5 Å². The quantitative estimate of drug-likeness (QED) is 0.358. The Morgan fingerprint density at radius 1 is 1.55 bits per heavy atom. The number of aromatic nitrogens is 1. The second-order valence-corrected chi connectivity index (χ2v) is 8.35. The molecule has 0 spiro atoms. The van der Waals surface area contributed by atoms with E-state index in [4.69, 9.17) is 0 Å². The van der Waals surface area contributed by atoms with Gasteiger partial charge in [-0.05, 0) is 55.8 Å². The summed E-state index contributed by atoms with van der Waals surface area (Å²) < 4.78 is 15.6. The maximum atomic E-state index is 15.6. The number of nitrogens with one attached hydrogen (secondary N) is 1. The van der Waals surface area contributed by atoms with E-state index in [0.717, 1.165) is 0 Å². The standard InChI is InChI=1S/C23H27BFN3O2.CH4S.K/c1-4-5-6-16(22(29)27-3)15-11-18-20(28-12-15)8-7-17(21(18)25)19-9-10-24(14-26)13-23(19,2)30;1-2;/h4,7-8,11-12,16,19,30H,1,5-6,9-10,13H2,2-3H3,(H,27,29);2H,1H3;/q;;+1/p-1. The number of benzene rings is 1. The monoisotopic (exact) mass is 493 g/mol. The van der Waals surface area contributed by atoms with Crippen molar-refractivity contribution in [2.24, 2.45) is 0 Å². The number of pyridine rings is 1. The number of nitriles is 1. The van der Waals surface area contributed by atoms with Crippen LogP contribution in [0.15, 0.2) is 37.1 Å². The molecule has 0 radical (unpaired) electrons. The van der Waals surface area contributed by atoms with Crippen molar-refractivity contribution < 1.29 is 65.7 Å². The molecule has 1 aromatic heterocycles. The predicted octanol–water partition coefficient (Wildman–Crippen LogP) is 1.13. The molecule has 1 aromatic carbocycles. The Labute approximate surface area is 244 Å². The predicted molar refractivity (Wildman–Crippen MR) is 130 cm³/mol. The van der Waals surface area contributed by atoms with Crippen LogP contribution in [0.5, 0.6) is 0 Å². The number of allylic oxidation sites excluding steroid dienone is 1. The van der Waals surface area contributed by atoms with E-state index in [1.807, 2.05) is 0 Å². The van der Waals surface area contributed by atoms with Gasteiger partial charge >= 0.3 is 51.4 Å². The second-order valence-electron chi connectivity index (χ2n) is 8.35. The molecule has 0 bridgehead atoms. The van der Waals surface area contributed by atoms with E-state index in [1.165, 1.54) is 0 Å². The van der Waals surface area contributed by atoms with E-state index >= 15 is 4.39 Å². The van der Waals surface area contributed by atoms with Crippen LogP contribution in [0.2, 0.25) is 12.6 Å². The van der Waals surface area contributed by atoms with Gasteiger partial charge < -0.3 is 23.1 Å². The molecule has 9 heteroatoms. The maximum Gasteiger partial charge on any atom is 1.00 e. The molecule has 1 aliphatic rings. The first-order valence-electron chi connectivity index (χ1n) is 10.8. The fourth-order valence-corrected chi connectivity index (χ4v) is 4.59. The van der Waals surface area contributed by atoms with E-state index in [9.17, 15) is 15.2 Å². The molecule has 1 saturated heterocycles. The number of likely N-dealkylation sites (N-methyl/N-ethyl adjacent to an activating group) is 1. The van der Waals surface area contributed by atoms with E-state index in [2.05, 4.69) is 35.5 Å². The Balaban J connectivity index is 0.00000177. The van der Waals surface area contributed by atoms with Crippen LogP contribution in [-0.2, 0) is 17.4 Å². The summed E-state index contributed by atoms with van der Waals surface area (Å²) in [5.74, 6) is 0.819. The van der Waals surface area contributed by atoms with Crippen molar-refractivity contribution >= 4 is 36.2 Å². The number of hydrogen-bond acceptors (Lipinski definition) is 5. The fourth-order valence-electron chi connectivity index (χ4n) is 4.59. The fraction of sp³-hybridized carbons (Fsp3) is 0.458. The van der Waals surface area contributed by atoms with E-state index in [0.29, 0.717) is 53.9 Å². The summed E-state index contributed by atoms with van der Waals surface area (Å²) in [5, 5.41) is 23.1. The second kappa shape index (κ2) is 14.0. The normalized spacial score (nSPS) is 20.5. The maximum absolute atomic E-state index is 15.6. The number of nitrogens with zero attached hydrogens (tertiary/aromatic N) is 2. The van der Waals surface area contributed by atoms with Crippen LogP contribution in [0, 0.1) is 17.0 Å². The topological polar surface area (TPSA) is 86.0 Å². The first kappa shape index (κ1) is 30.3. The minimum absolute atomic E-state index is 0. The van der Waals surface area contributed by atoms with Crippen LogP contribution < -0.4 is 56.7 Å². The van der Waals surface area contributed by atoms with Gasteiger partial charge in [0.15, 0.2) is 0 Å². The SMILES string of the molecule is C=CCCC(C(=O)NC)c1cnc2ccc(C3CCB(C#N)CC3(C)O)c(F)c2c1.C[S-].[K+]. The number of fused-ring (bicyclic) bond motifs is 1. The number of halogens is 1. The van der Waals surface area contributed by atoms with Gasteiger partial charge in [0.1, 0.15) is 5.82 Å². The van der Waals surface area contributed by atoms with Crippen molar-refractivity contribution in [2.75, 3.05) is 13.3 Å². The van der Waals surface area contributed by atoms with Gasteiger partial charge in [0.25, 0.3) is 6.71 Å². The summed E-state index contributed by atoms with van der Waals surface area (Å²) in [4.78, 5) is 16.8. The Morgan fingerprint density at radius 2 is 2.24 bits per heavy atom. The van der Waals surface area contributed by atoms with Crippen LogP contribution in [0.4, 0.5) is 4.39 Å². The minimum atomic E-state index is -1.16. The van der Waals surface area contributed by atoms with E-state index < -0.39 is 23.3 Å². The largest absolute Gasteiger partial charge is 1.00 e. The van der Waals surface area contributed by atoms with Crippen molar-refractivity contribution in [3.8, 4) is 5.97 Å². The number of carbonyl (C=O) groups excluding carboxylic acids is 1. The number of rotatable bonds is 6. The van der Waals surface area contributed by atoms with Crippen LogP contribution in [0.3, 0.4) is 0 Å². The summed E-state index contributed by atoms with van der Waals surface area (Å²) in [5.41, 5.74) is 0.433. The molecule has 2 heterocycles. The van der Waals surface area contributed by atoms with Gasteiger partial charge in [0.05, 0.1) is 17.0 Å². The van der Waals surface area contributed by atoms with E-state index in [1.54, 1.807) is 50.7 Å². The average molecular weight is 493 g/mol. The van der Waals surface area contributed by atoms with Crippen molar-refractivity contribution in [3.05, 3.63) is 54.0 Å². The number of carbonyl (C=O) groups is 1.